The van der Waals surface area contributed by atoms with Crippen molar-refractivity contribution in [3.05, 3.63) is 30.3 Å². The van der Waals surface area contributed by atoms with Crippen molar-refractivity contribution in [2.24, 2.45) is 0 Å². The van der Waals surface area contributed by atoms with Crippen molar-refractivity contribution in [3.63, 3.8) is 0 Å². The van der Waals surface area contributed by atoms with Gasteiger partial charge in [-0.15, -0.1) is 0 Å². The van der Waals surface area contributed by atoms with E-state index in [1.54, 1.807) is 0 Å². The van der Waals surface area contributed by atoms with Crippen molar-refractivity contribution in [2.45, 2.75) is 6.10 Å². The maximum atomic E-state index is 5.60. The Morgan fingerprint density at radius 1 is 1.11 bits per heavy atom. The summed E-state index contributed by atoms with van der Waals surface area (Å²) in [6.45, 7) is 7.28. The first-order chi connectivity index (χ1) is 8.92. The van der Waals surface area contributed by atoms with Crippen LogP contribution in [-0.4, -0.2) is 57.0 Å². The Balaban J connectivity index is 1.49. The molecule has 0 saturated carbocycles. The van der Waals surface area contributed by atoms with E-state index in [9.17, 15) is 0 Å². The monoisotopic (exact) mass is 247 g/mol. The Morgan fingerprint density at radius 3 is 2.56 bits per heavy atom. The van der Waals surface area contributed by atoms with Gasteiger partial charge in [0.15, 0.2) is 0 Å². The zero-order chi connectivity index (χ0) is 12.2. The topological polar surface area (TPSA) is 27.7 Å². The standard InChI is InChI=1S/C14H21N3O/c1-2-4-13(5-3-1)17-8-6-16(7-9-17)11-14-10-15-12-18-14/h1-5,14-15H,6-12H2. The fourth-order valence-electron chi connectivity index (χ4n) is 2.69. The first-order valence-corrected chi connectivity index (χ1v) is 6.76. The number of hydrogen-bond donors (Lipinski definition) is 1. The van der Waals surface area contributed by atoms with Gasteiger partial charge >= 0.3 is 0 Å². The Kier molecular flexibility index (Phi) is 3.78. The highest BCUT2D eigenvalue weighted by Gasteiger charge is 2.22. The van der Waals surface area contributed by atoms with Crippen molar-refractivity contribution in [1.29, 1.82) is 0 Å². The van der Waals surface area contributed by atoms with Crippen LogP contribution in [-0.2, 0) is 4.74 Å². The molecule has 3 rings (SSSR count). The summed E-state index contributed by atoms with van der Waals surface area (Å²) in [4.78, 5) is 4.97. The van der Waals surface area contributed by atoms with Crippen LogP contribution >= 0.6 is 0 Å². The van der Waals surface area contributed by atoms with Gasteiger partial charge in [-0.1, -0.05) is 18.2 Å². The summed E-state index contributed by atoms with van der Waals surface area (Å²) in [5, 5.41) is 3.24. The molecule has 1 aromatic rings. The number of rotatable bonds is 3. The SMILES string of the molecule is c1ccc(N2CCN(CC3CNCO3)CC2)cc1. The molecule has 2 fully saturated rings. The first kappa shape index (κ1) is 12.0. The molecule has 0 amide bonds. The minimum Gasteiger partial charge on any atom is -0.369 e. The molecule has 98 valence electrons. The van der Waals surface area contributed by atoms with Gasteiger partial charge in [-0.3, -0.25) is 10.2 Å². The molecule has 18 heavy (non-hydrogen) atoms. The average molecular weight is 247 g/mol. The van der Waals surface area contributed by atoms with Gasteiger partial charge in [-0.2, -0.15) is 0 Å². The van der Waals surface area contributed by atoms with Crippen LogP contribution in [0.3, 0.4) is 0 Å². The molecule has 4 nitrogen and oxygen atoms in total. The fourth-order valence-corrected chi connectivity index (χ4v) is 2.69. The average Bonchev–Trinajstić information content (AvgIpc) is 2.94. The number of ether oxygens (including phenoxy) is 1. The van der Waals surface area contributed by atoms with Gasteiger partial charge in [0, 0.05) is 45.0 Å². The number of para-hydroxylation sites is 1. The third-order valence-corrected chi connectivity index (χ3v) is 3.75. The molecule has 1 unspecified atom stereocenters. The van der Waals surface area contributed by atoms with Crippen LogP contribution in [0.4, 0.5) is 5.69 Å². The number of nitrogens with zero attached hydrogens (tertiary/aromatic N) is 2. The predicted molar refractivity (Wildman–Crippen MR) is 72.8 cm³/mol. The third kappa shape index (κ3) is 2.83. The second-order valence-electron chi connectivity index (χ2n) is 5.01. The molecule has 1 N–H and O–H groups in total. The minimum atomic E-state index is 0.383. The number of anilines is 1. The Bertz CT molecular complexity index is 357. The summed E-state index contributed by atoms with van der Waals surface area (Å²) in [6.07, 6.45) is 0.383. The zero-order valence-corrected chi connectivity index (χ0v) is 10.7. The van der Waals surface area contributed by atoms with Crippen LogP contribution in [0.2, 0.25) is 0 Å². The van der Waals surface area contributed by atoms with Gasteiger partial charge < -0.3 is 9.64 Å². The van der Waals surface area contributed by atoms with E-state index in [1.165, 1.54) is 5.69 Å². The van der Waals surface area contributed by atoms with Gasteiger partial charge in [0.25, 0.3) is 0 Å². The van der Waals surface area contributed by atoms with Gasteiger partial charge in [0.2, 0.25) is 0 Å². The smallest absolute Gasteiger partial charge is 0.0971 e. The Morgan fingerprint density at radius 2 is 1.89 bits per heavy atom. The summed E-state index contributed by atoms with van der Waals surface area (Å²) in [5.74, 6) is 0. The Labute approximate surface area is 109 Å². The van der Waals surface area contributed by atoms with Crippen molar-refractivity contribution >= 4 is 5.69 Å². The van der Waals surface area contributed by atoms with Crippen LogP contribution in [0.1, 0.15) is 0 Å². The molecule has 2 heterocycles. The van der Waals surface area contributed by atoms with Gasteiger partial charge in [0.05, 0.1) is 12.8 Å². The number of benzene rings is 1. The second kappa shape index (κ2) is 5.69. The summed E-state index contributed by atoms with van der Waals surface area (Å²) < 4.78 is 5.60. The molecule has 0 radical (unpaired) electrons. The van der Waals surface area contributed by atoms with Gasteiger partial charge in [-0.25, -0.2) is 0 Å². The van der Waals surface area contributed by atoms with E-state index in [1.807, 2.05) is 0 Å². The van der Waals surface area contributed by atoms with E-state index >= 15 is 0 Å². The summed E-state index contributed by atoms with van der Waals surface area (Å²) in [7, 11) is 0. The fraction of sp³-hybridized carbons (Fsp3) is 0.571. The number of hydrogen-bond acceptors (Lipinski definition) is 4. The second-order valence-corrected chi connectivity index (χ2v) is 5.01. The molecule has 2 aliphatic heterocycles. The third-order valence-electron chi connectivity index (χ3n) is 3.75. The molecule has 4 heteroatoms. The molecule has 0 bridgehead atoms. The minimum absolute atomic E-state index is 0.383. The normalized spacial score (nSPS) is 25.6. The molecule has 1 aromatic carbocycles. The van der Waals surface area contributed by atoms with Crippen LogP contribution < -0.4 is 10.2 Å². The highest BCUT2D eigenvalue weighted by atomic mass is 16.5. The van der Waals surface area contributed by atoms with E-state index in [2.05, 4.69) is 45.4 Å². The van der Waals surface area contributed by atoms with E-state index in [0.29, 0.717) is 12.8 Å². The van der Waals surface area contributed by atoms with Crippen molar-refractivity contribution in [3.8, 4) is 0 Å². The molecule has 0 spiro atoms. The highest BCUT2D eigenvalue weighted by molar-refractivity contribution is 5.46. The van der Waals surface area contributed by atoms with E-state index < -0.39 is 0 Å². The summed E-state index contributed by atoms with van der Waals surface area (Å²) >= 11 is 0. The molecule has 0 aliphatic carbocycles. The van der Waals surface area contributed by atoms with Crippen molar-refractivity contribution in [2.75, 3.05) is 50.9 Å². The number of piperazine rings is 1. The molecule has 2 aliphatic rings. The van der Waals surface area contributed by atoms with E-state index in [-0.39, 0.29) is 0 Å². The lowest BCUT2D eigenvalue weighted by Gasteiger charge is -2.36. The molecular weight excluding hydrogens is 226 g/mol. The first-order valence-electron chi connectivity index (χ1n) is 6.76. The Hall–Kier alpha value is -1.10. The number of nitrogens with one attached hydrogen (secondary N) is 1. The highest BCUT2D eigenvalue weighted by Crippen LogP contribution is 2.15. The predicted octanol–water partition coefficient (Wildman–Crippen LogP) is 0.754. The van der Waals surface area contributed by atoms with Gasteiger partial charge in [0.1, 0.15) is 0 Å². The van der Waals surface area contributed by atoms with Crippen molar-refractivity contribution < 1.29 is 4.74 Å². The lowest BCUT2D eigenvalue weighted by molar-refractivity contribution is 0.0747. The van der Waals surface area contributed by atoms with Crippen LogP contribution in [0.25, 0.3) is 0 Å². The molecule has 1 atom stereocenters. The van der Waals surface area contributed by atoms with Crippen LogP contribution in [0, 0.1) is 0 Å². The van der Waals surface area contributed by atoms with E-state index in [4.69, 9.17) is 4.74 Å². The van der Waals surface area contributed by atoms with Gasteiger partial charge in [-0.05, 0) is 12.1 Å². The maximum Gasteiger partial charge on any atom is 0.0971 e. The van der Waals surface area contributed by atoms with Crippen molar-refractivity contribution in [1.82, 2.24) is 10.2 Å². The quantitative estimate of drug-likeness (QED) is 0.853. The largest absolute Gasteiger partial charge is 0.369 e. The van der Waals surface area contributed by atoms with E-state index in [0.717, 1.165) is 39.3 Å². The lowest BCUT2D eigenvalue weighted by Crippen LogP contribution is -2.49. The van der Waals surface area contributed by atoms with Crippen LogP contribution in [0.5, 0.6) is 0 Å². The maximum absolute atomic E-state index is 5.60. The summed E-state index contributed by atoms with van der Waals surface area (Å²) in [6, 6.07) is 10.7. The molecule has 2 saturated heterocycles. The zero-order valence-electron chi connectivity index (χ0n) is 10.7. The lowest BCUT2D eigenvalue weighted by atomic mass is 10.2. The summed E-state index contributed by atoms with van der Waals surface area (Å²) in [5.41, 5.74) is 1.34. The van der Waals surface area contributed by atoms with Crippen LogP contribution in [0.15, 0.2) is 30.3 Å². The molecule has 0 aromatic heterocycles. The molecular formula is C14H21N3O.